The largest absolute Gasteiger partial charge is 0.467 e. The Kier molecular flexibility index (Phi) is 6.45. The molecule has 0 aliphatic carbocycles. The van der Waals surface area contributed by atoms with E-state index < -0.39 is 12.0 Å². The molecule has 2 aromatic carbocycles. The molecule has 0 spiro atoms. The second-order valence-electron chi connectivity index (χ2n) is 5.06. The van der Waals surface area contributed by atoms with Crippen molar-refractivity contribution in [2.45, 2.75) is 12.5 Å². The Hall–Kier alpha value is -2.73. The Morgan fingerprint density at radius 2 is 1.62 bits per heavy atom. The van der Waals surface area contributed by atoms with Crippen molar-refractivity contribution >= 4 is 29.2 Å². The standard InChI is InChI=1S/C18H18N2O3S/c1-23-17(22)15(12-13-8-4-2-5-9-13)19-18(24)20-16(21)14-10-6-3-7-11-14/h2-11,15H,12H2,1H3,(H2,19,20,21,24)/t15-/m1/s1. The van der Waals surface area contributed by atoms with E-state index in [2.05, 4.69) is 10.6 Å². The van der Waals surface area contributed by atoms with Crippen LogP contribution in [0.25, 0.3) is 0 Å². The summed E-state index contributed by atoms with van der Waals surface area (Å²) < 4.78 is 4.80. The average Bonchev–Trinajstić information content (AvgIpc) is 2.62. The van der Waals surface area contributed by atoms with Crippen LogP contribution in [0.2, 0.25) is 0 Å². The van der Waals surface area contributed by atoms with Crippen LogP contribution in [-0.4, -0.2) is 30.1 Å². The van der Waals surface area contributed by atoms with Crippen molar-refractivity contribution in [3.05, 3.63) is 71.8 Å². The number of thiocarbonyl (C=S) groups is 1. The first-order valence-corrected chi connectivity index (χ1v) is 7.79. The van der Waals surface area contributed by atoms with Crippen LogP contribution < -0.4 is 10.6 Å². The highest BCUT2D eigenvalue weighted by Crippen LogP contribution is 2.05. The molecule has 2 aromatic rings. The number of hydrogen-bond acceptors (Lipinski definition) is 4. The van der Waals surface area contributed by atoms with Gasteiger partial charge in [-0.1, -0.05) is 48.5 Å². The zero-order chi connectivity index (χ0) is 17.4. The summed E-state index contributed by atoms with van der Waals surface area (Å²) in [5.74, 6) is -0.786. The lowest BCUT2D eigenvalue weighted by Gasteiger charge is -2.18. The van der Waals surface area contributed by atoms with E-state index in [1.54, 1.807) is 24.3 Å². The molecule has 24 heavy (non-hydrogen) atoms. The Bertz CT molecular complexity index is 705. The normalized spacial score (nSPS) is 11.2. The maximum absolute atomic E-state index is 12.1. The fraction of sp³-hybridized carbons (Fsp3) is 0.167. The number of carbonyl (C=O) groups excluding carboxylic acids is 2. The first-order valence-electron chi connectivity index (χ1n) is 7.39. The van der Waals surface area contributed by atoms with Crippen molar-refractivity contribution in [2.24, 2.45) is 0 Å². The van der Waals surface area contributed by atoms with E-state index in [9.17, 15) is 9.59 Å². The van der Waals surface area contributed by atoms with Crippen LogP contribution in [0.3, 0.4) is 0 Å². The van der Waals surface area contributed by atoms with Crippen LogP contribution >= 0.6 is 12.2 Å². The molecule has 0 unspecified atom stereocenters. The molecular formula is C18H18N2O3S. The minimum absolute atomic E-state index is 0.0789. The van der Waals surface area contributed by atoms with E-state index in [1.807, 2.05) is 36.4 Å². The summed E-state index contributed by atoms with van der Waals surface area (Å²) in [4.78, 5) is 24.0. The highest BCUT2D eigenvalue weighted by atomic mass is 32.1. The van der Waals surface area contributed by atoms with Gasteiger partial charge in [-0.2, -0.15) is 0 Å². The lowest BCUT2D eigenvalue weighted by atomic mass is 10.1. The van der Waals surface area contributed by atoms with E-state index in [1.165, 1.54) is 7.11 Å². The van der Waals surface area contributed by atoms with Crippen LogP contribution in [-0.2, 0) is 16.0 Å². The number of ether oxygens (including phenoxy) is 1. The molecule has 0 radical (unpaired) electrons. The molecule has 0 fully saturated rings. The Morgan fingerprint density at radius 3 is 2.21 bits per heavy atom. The molecule has 0 bridgehead atoms. The summed E-state index contributed by atoms with van der Waals surface area (Å²) >= 11 is 5.14. The lowest BCUT2D eigenvalue weighted by molar-refractivity contribution is -0.142. The Morgan fingerprint density at radius 1 is 1.04 bits per heavy atom. The van der Waals surface area contributed by atoms with E-state index in [0.717, 1.165) is 5.56 Å². The molecule has 124 valence electrons. The molecule has 2 rings (SSSR count). The maximum atomic E-state index is 12.1. The van der Waals surface area contributed by atoms with Gasteiger partial charge in [0.05, 0.1) is 7.11 Å². The third-order valence-corrected chi connectivity index (χ3v) is 3.56. The highest BCUT2D eigenvalue weighted by Gasteiger charge is 2.21. The fourth-order valence-corrected chi connectivity index (χ4v) is 2.38. The number of hydrogen-bond donors (Lipinski definition) is 2. The van der Waals surface area contributed by atoms with E-state index in [4.69, 9.17) is 17.0 Å². The molecule has 2 N–H and O–H groups in total. The number of esters is 1. The van der Waals surface area contributed by atoms with Gasteiger partial charge in [-0.05, 0) is 29.9 Å². The zero-order valence-corrected chi connectivity index (χ0v) is 14.0. The van der Waals surface area contributed by atoms with Gasteiger partial charge in [0.15, 0.2) is 5.11 Å². The summed E-state index contributed by atoms with van der Waals surface area (Å²) in [6.45, 7) is 0. The summed E-state index contributed by atoms with van der Waals surface area (Å²) in [7, 11) is 1.31. The van der Waals surface area contributed by atoms with Gasteiger partial charge >= 0.3 is 5.97 Å². The van der Waals surface area contributed by atoms with Gasteiger partial charge in [-0.25, -0.2) is 4.79 Å². The molecule has 5 nitrogen and oxygen atoms in total. The summed E-state index contributed by atoms with van der Waals surface area (Å²) in [6.07, 6.45) is 0.398. The molecule has 1 amide bonds. The average molecular weight is 342 g/mol. The number of nitrogens with one attached hydrogen (secondary N) is 2. The van der Waals surface area contributed by atoms with Gasteiger partial charge in [0, 0.05) is 12.0 Å². The first-order chi connectivity index (χ1) is 11.6. The smallest absolute Gasteiger partial charge is 0.328 e. The van der Waals surface area contributed by atoms with Crippen molar-refractivity contribution in [1.82, 2.24) is 10.6 Å². The third-order valence-electron chi connectivity index (χ3n) is 3.34. The molecule has 0 aromatic heterocycles. The minimum Gasteiger partial charge on any atom is -0.467 e. The molecule has 0 aliphatic heterocycles. The summed E-state index contributed by atoms with van der Waals surface area (Å²) in [6, 6.07) is 17.5. The molecular weight excluding hydrogens is 324 g/mol. The molecule has 0 saturated heterocycles. The maximum Gasteiger partial charge on any atom is 0.328 e. The van der Waals surface area contributed by atoms with Gasteiger partial charge < -0.3 is 10.1 Å². The number of carbonyl (C=O) groups is 2. The van der Waals surface area contributed by atoms with Crippen LogP contribution in [0.1, 0.15) is 15.9 Å². The van der Waals surface area contributed by atoms with Crippen LogP contribution in [0.4, 0.5) is 0 Å². The number of rotatable bonds is 5. The van der Waals surface area contributed by atoms with Gasteiger partial charge in [0.25, 0.3) is 5.91 Å². The number of amides is 1. The second kappa shape index (κ2) is 8.79. The minimum atomic E-state index is -0.680. The van der Waals surface area contributed by atoms with Crippen LogP contribution in [0, 0.1) is 0 Å². The van der Waals surface area contributed by atoms with E-state index >= 15 is 0 Å². The third kappa shape index (κ3) is 5.17. The quantitative estimate of drug-likeness (QED) is 0.643. The molecule has 0 saturated carbocycles. The van der Waals surface area contributed by atoms with Crippen LogP contribution in [0.5, 0.6) is 0 Å². The van der Waals surface area contributed by atoms with Crippen molar-refractivity contribution in [2.75, 3.05) is 7.11 Å². The lowest BCUT2D eigenvalue weighted by Crippen LogP contribution is -2.49. The molecule has 0 heterocycles. The fourth-order valence-electron chi connectivity index (χ4n) is 2.14. The highest BCUT2D eigenvalue weighted by molar-refractivity contribution is 7.80. The zero-order valence-electron chi connectivity index (χ0n) is 13.2. The van der Waals surface area contributed by atoms with Gasteiger partial charge in [-0.15, -0.1) is 0 Å². The monoisotopic (exact) mass is 342 g/mol. The number of benzene rings is 2. The van der Waals surface area contributed by atoms with E-state index in [-0.39, 0.29) is 11.0 Å². The topological polar surface area (TPSA) is 67.4 Å². The molecule has 0 aliphatic rings. The van der Waals surface area contributed by atoms with E-state index in [0.29, 0.717) is 12.0 Å². The number of methoxy groups -OCH3 is 1. The summed E-state index contributed by atoms with van der Waals surface area (Å²) in [5.41, 5.74) is 1.44. The molecule has 6 heteroatoms. The van der Waals surface area contributed by atoms with Crippen molar-refractivity contribution in [3.63, 3.8) is 0 Å². The SMILES string of the molecule is COC(=O)[C@@H](Cc1ccccc1)NC(=S)NC(=O)c1ccccc1. The summed E-state index contributed by atoms with van der Waals surface area (Å²) in [5, 5.41) is 5.49. The van der Waals surface area contributed by atoms with Gasteiger partial charge in [-0.3, -0.25) is 10.1 Å². The van der Waals surface area contributed by atoms with Crippen LogP contribution in [0.15, 0.2) is 60.7 Å². The van der Waals surface area contributed by atoms with Crippen molar-refractivity contribution in [3.8, 4) is 0 Å². The Balaban J connectivity index is 1.99. The predicted molar refractivity (Wildman–Crippen MR) is 95.6 cm³/mol. The predicted octanol–water partition coefficient (Wildman–Crippen LogP) is 2.08. The molecule has 1 atom stereocenters. The Labute approximate surface area is 146 Å². The second-order valence-corrected chi connectivity index (χ2v) is 5.47. The van der Waals surface area contributed by atoms with Gasteiger partial charge in [0.2, 0.25) is 0 Å². The van der Waals surface area contributed by atoms with Crippen molar-refractivity contribution < 1.29 is 14.3 Å². The van der Waals surface area contributed by atoms with Crippen molar-refractivity contribution in [1.29, 1.82) is 0 Å². The first kappa shape index (κ1) is 17.6. The van der Waals surface area contributed by atoms with Gasteiger partial charge in [0.1, 0.15) is 6.04 Å².